The molecule has 0 saturated carbocycles. The summed E-state index contributed by atoms with van der Waals surface area (Å²) in [4.78, 5) is 24.5. The Hall–Kier alpha value is -2.26. The maximum atomic E-state index is 12.5. The Kier molecular flexibility index (Phi) is 6.57. The van der Waals surface area contributed by atoms with E-state index in [-0.39, 0.29) is 17.7 Å². The van der Waals surface area contributed by atoms with E-state index in [1.54, 1.807) is 23.6 Å². The molecule has 0 bridgehead atoms. The highest BCUT2D eigenvalue weighted by Gasteiger charge is 2.23. The summed E-state index contributed by atoms with van der Waals surface area (Å²) in [5, 5.41) is 9.45. The van der Waals surface area contributed by atoms with E-state index in [0.29, 0.717) is 24.0 Å². The van der Waals surface area contributed by atoms with Crippen LogP contribution < -0.4 is 15.7 Å². The summed E-state index contributed by atoms with van der Waals surface area (Å²) in [6.07, 6.45) is 1.95. The molecular weight excluding hydrogens is 368 g/mol. The highest BCUT2D eigenvalue weighted by atomic mass is 32.2. The van der Waals surface area contributed by atoms with Gasteiger partial charge < -0.3 is 14.8 Å². The number of aromatic amines is 1. The number of hydrogen-bond donors (Lipinski definition) is 2. The largest absolute Gasteiger partial charge is 0.494 e. The first-order valence-electron chi connectivity index (χ1n) is 9.04. The van der Waals surface area contributed by atoms with Gasteiger partial charge in [0, 0.05) is 12.3 Å². The van der Waals surface area contributed by atoms with Crippen molar-refractivity contribution in [1.82, 2.24) is 14.8 Å². The zero-order chi connectivity index (χ0) is 19.2. The fraction of sp³-hybridized carbons (Fsp3) is 0.500. The number of benzene rings is 1. The number of amides is 1. The van der Waals surface area contributed by atoms with Crippen molar-refractivity contribution < 1.29 is 14.3 Å². The predicted molar refractivity (Wildman–Crippen MR) is 103 cm³/mol. The Balaban J connectivity index is 1.60. The second-order valence-corrected chi connectivity index (χ2v) is 7.57. The first kappa shape index (κ1) is 19.5. The van der Waals surface area contributed by atoms with Gasteiger partial charge in [0.15, 0.2) is 5.16 Å². The molecule has 1 aromatic carbocycles. The van der Waals surface area contributed by atoms with Crippen molar-refractivity contribution >= 4 is 23.4 Å². The van der Waals surface area contributed by atoms with Crippen molar-refractivity contribution in [2.45, 2.75) is 49.7 Å². The molecule has 9 heteroatoms. The zero-order valence-electron chi connectivity index (χ0n) is 15.4. The maximum Gasteiger partial charge on any atom is 0.344 e. The Labute approximate surface area is 161 Å². The van der Waals surface area contributed by atoms with Gasteiger partial charge in [-0.3, -0.25) is 9.36 Å². The molecule has 27 heavy (non-hydrogen) atoms. The molecule has 2 heterocycles. The second-order valence-electron chi connectivity index (χ2n) is 6.26. The number of hydrogen-bond acceptors (Lipinski definition) is 6. The lowest BCUT2D eigenvalue weighted by molar-refractivity contribution is -0.115. The average molecular weight is 392 g/mol. The van der Waals surface area contributed by atoms with Gasteiger partial charge in [0.25, 0.3) is 0 Å². The fourth-order valence-corrected chi connectivity index (χ4v) is 3.67. The molecule has 1 aliphatic rings. The maximum absolute atomic E-state index is 12.5. The molecule has 1 fully saturated rings. The van der Waals surface area contributed by atoms with E-state index in [9.17, 15) is 9.59 Å². The predicted octanol–water partition coefficient (Wildman–Crippen LogP) is 2.27. The normalized spacial score (nSPS) is 17.6. The van der Waals surface area contributed by atoms with Crippen LogP contribution >= 0.6 is 11.8 Å². The summed E-state index contributed by atoms with van der Waals surface area (Å²) < 4.78 is 12.5. The van der Waals surface area contributed by atoms with Gasteiger partial charge in [-0.15, -0.1) is 5.10 Å². The van der Waals surface area contributed by atoms with E-state index in [4.69, 9.17) is 9.47 Å². The number of thioether (sulfide) groups is 1. The number of nitrogens with zero attached hydrogens (tertiary/aromatic N) is 2. The molecule has 0 unspecified atom stereocenters. The van der Waals surface area contributed by atoms with Gasteiger partial charge in [0.1, 0.15) is 5.75 Å². The summed E-state index contributed by atoms with van der Waals surface area (Å²) in [6.45, 7) is 5.47. The Bertz CT molecular complexity index is 812. The summed E-state index contributed by atoms with van der Waals surface area (Å²) in [7, 11) is 0. The molecular formula is C18H24N4O4S. The SMILES string of the molecule is CCOc1ccc(NC(=O)[C@@H](C)Sc2n[nH]c(=O)n2C[C@@H]2CCCO2)cc1. The van der Waals surface area contributed by atoms with Gasteiger partial charge in [0.2, 0.25) is 5.91 Å². The van der Waals surface area contributed by atoms with Crippen molar-refractivity contribution in [3.8, 4) is 5.75 Å². The third-order valence-corrected chi connectivity index (χ3v) is 5.31. The molecule has 146 valence electrons. The molecule has 0 aliphatic carbocycles. The van der Waals surface area contributed by atoms with E-state index >= 15 is 0 Å². The van der Waals surface area contributed by atoms with E-state index in [1.165, 1.54) is 11.8 Å². The third kappa shape index (κ3) is 5.14. The van der Waals surface area contributed by atoms with Crippen LogP contribution in [0.4, 0.5) is 5.69 Å². The highest BCUT2D eigenvalue weighted by molar-refractivity contribution is 8.00. The third-order valence-electron chi connectivity index (χ3n) is 4.22. The van der Waals surface area contributed by atoms with Crippen LogP contribution in [0, 0.1) is 0 Å². The van der Waals surface area contributed by atoms with Crippen LogP contribution in [-0.2, 0) is 16.1 Å². The summed E-state index contributed by atoms with van der Waals surface area (Å²) >= 11 is 1.24. The van der Waals surface area contributed by atoms with E-state index < -0.39 is 5.25 Å². The van der Waals surface area contributed by atoms with Crippen LogP contribution in [0.5, 0.6) is 5.75 Å². The minimum Gasteiger partial charge on any atom is -0.494 e. The topological polar surface area (TPSA) is 98.2 Å². The standard InChI is InChI=1S/C18H24N4O4S/c1-3-25-14-8-6-13(7-9-14)19-16(23)12(2)27-18-21-20-17(24)22(18)11-15-5-4-10-26-15/h6-9,12,15H,3-5,10-11H2,1-2H3,(H,19,23)(H,20,24)/t12-,15+/m1/s1. The molecule has 1 saturated heterocycles. The molecule has 3 rings (SSSR count). The van der Waals surface area contributed by atoms with Crippen molar-refractivity contribution in [2.75, 3.05) is 18.5 Å². The Morgan fingerprint density at radius 3 is 2.93 bits per heavy atom. The number of nitrogens with one attached hydrogen (secondary N) is 2. The second kappa shape index (κ2) is 9.09. The van der Waals surface area contributed by atoms with E-state index in [0.717, 1.165) is 25.2 Å². The number of aromatic nitrogens is 3. The van der Waals surface area contributed by atoms with Crippen molar-refractivity contribution in [1.29, 1.82) is 0 Å². The molecule has 8 nitrogen and oxygen atoms in total. The average Bonchev–Trinajstić information content (AvgIpc) is 3.29. The van der Waals surface area contributed by atoms with Crippen LogP contribution in [0.1, 0.15) is 26.7 Å². The number of anilines is 1. The lowest BCUT2D eigenvalue weighted by Gasteiger charge is -2.14. The van der Waals surface area contributed by atoms with Gasteiger partial charge in [0.05, 0.1) is 24.5 Å². The van der Waals surface area contributed by atoms with Crippen molar-refractivity contribution in [3.63, 3.8) is 0 Å². The smallest absolute Gasteiger partial charge is 0.344 e. The van der Waals surface area contributed by atoms with Crippen molar-refractivity contribution in [2.24, 2.45) is 0 Å². The molecule has 2 atom stereocenters. The molecule has 1 aromatic heterocycles. The molecule has 2 aromatic rings. The summed E-state index contributed by atoms with van der Waals surface area (Å²) in [6, 6.07) is 7.21. The Morgan fingerprint density at radius 1 is 1.48 bits per heavy atom. The highest BCUT2D eigenvalue weighted by Crippen LogP contribution is 2.23. The van der Waals surface area contributed by atoms with Gasteiger partial charge in [-0.1, -0.05) is 11.8 Å². The molecule has 1 amide bonds. The van der Waals surface area contributed by atoms with Crippen molar-refractivity contribution in [3.05, 3.63) is 34.7 Å². The van der Waals surface area contributed by atoms with Crippen LogP contribution in [0.3, 0.4) is 0 Å². The van der Waals surface area contributed by atoms with Crippen LogP contribution in [0.2, 0.25) is 0 Å². The molecule has 0 radical (unpaired) electrons. The number of rotatable bonds is 8. The Morgan fingerprint density at radius 2 is 2.26 bits per heavy atom. The minimum absolute atomic E-state index is 0.0210. The van der Waals surface area contributed by atoms with Gasteiger partial charge in [-0.25, -0.2) is 9.89 Å². The van der Waals surface area contributed by atoms with E-state index in [2.05, 4.69) is 15.5 Å². The first-order valence-corrected chi connectivity index (χ1v) is 9.92. The van der Waals surface area contributed by atoms with Crippen LogP contribution in [-0.4, -0.2) is 45.2 Å². The number of ether oxygens (including phenoxy) is 2. The quantitative estimate of drug-likeness (QED) is 0.669. The molecule has 2 N–H and O–H groups in total. The van der Waals surface area contributed by atoms with Gasteiger partial charge in [-0.2, -0.15) is 0 Å². The molecule has 1 aliphatic heterocycles. The van der Waals surface area contributed by atoms with Crippen LogP contribution in [0.25, 0.3) is 0 Å². The van der Waals surface area contributed by atoms with Crippen LogP contribution in [0.15, 0.2) is 34.2 Å². The van der Waals surface area contributed by atoms with Gasteiger partial charge in [-0.05, 0) is 51.0 Å². The summed E-state index contributed by atoms with van der Waals surface area (Å²) in [5.74, 6) is 0.593. The fourth-order valence-electron chi connectivity index (χ4n) is 2.80. The van der Waals surface area contributed by atoms with E-state index in [1.807, 2.05) is 19.1 Å². The number of carbonyl (C=O) groups excluding carboxylic acids is 1. The molecule has 0 spiro atoms. The monoisotopic (exact) mass is 392 g/mol. The minimum atomic E-state index is -0.421. The lowest BCUT2D eigenvalue weighted by Crippen LogP contribution is -2.26. The number of H-pyrrole nitrogens is 1. The number of carbonyl (C=O) groups is 1. The first-order chi connectivity index (χ1) is 13.1. The van der Waals surface area contributed by atoms with Gasteiger partial charge >= 0.3 is 5.69 Å². The summed E-state index contributed by atoms with van der Waals surface area (Å²) in [5.41, 5.74) is 0.404. The lowest BCUT2D eigenvalue weighted by atomic mass is 10.2. The zero-order valence-corrected chi connectivity index (χ0v) is 16.3.